The first-order valence-corrected chi connectivity index (χ1v) is 7.69. The fourth-order valence-corrected chi connectivity index (χ4v) is 2.11. The Morgan fingerprint density at radius 1 is 0.818 bits per heavy atom. The summed E-state index contributed by atoms with van der Waals surface area (Å²) < 4.78 is 17.2. The molecule has 0 aliphatic heterocycles. The highest BCUT2D eigenvalue weighted by molar-refractivity contribution is 5.35. The molecule has 0 N–H and O–H groups in total. The Balaban J connectivity index is 1.82. The summed E-state index contributed by atoms with van der Waals surface area (Å²) in [5.41, 5.74) is -0.148. The van der Waals surface area contributed by atoms with Crippen molar-refractivity contribution in [3.05, 3.63) is 54.6 Å². The van der Waals surface area contributed by atoms with Crippen LogP contribution >= 0.6 is 0 Å². The zero-order chi connectivity index (χ0) is 15.8. The lowest BCUT2D eigenvalue weighted by atomic mass is 10.1. The zero-order valence-corrected chi connectivity index (χ0v) is 13.5. The number of rotatable bonds is 8. The molecule has 0 unspecified atom stereocenters. The summed E-state index contributed by atoms with van der Waals surface area (Å²) >= 11 is 0. The summed E-state index contributed by atoms with van der Waals surface area (Å²) in [5, 5.41) is 0. The first-order chi connectivity index (χ1) is 10.6. The topological polar surface area (TPSA) is 27.7 Å². The predicted octanol–water partition coefficient (Wildman–Crippen LogP) is 5.06. The van der Waals surface area contributed by atoms with Crippen LogP contribution in [0.5, 0.6) is 17.2 Å². The first-order valence-electron chi connectivity index (χ1n) is 7.69. The molecule has 0 radical (unpaired) electrons. The van der Waals surface area contributed by atoms with Crippen LogP contribution in [0.2, 0.25) is 0 Å². The molecular weight excluding hydrogens is 276 g/mol. The van der Waals surface area contributed by atoms with Gasteiger partial charge < -0.3 is 14.2 Å². The highest BCUT2D eigenvalue weighted by Crippen LogP contribution is 2.24. The molecule has 0 heterocycles. The second-order valence-electron chi connectivity index (χ2n) is 5.68. The molecule has 0 saturated heterocycles. The monoisotopic (exact) mass is 300 g/mol. The van der Waals surface area contributed by atoms with Gasteiger partial charge in [0, 0.05) is 13.0 Å². The highest BCUT2D eigenvalue weighted by Gasteiger charge is 2.17. The SMILES string of the molecule is CCOC(C)(C)CCOc1ccc(Oc2ccccc2)cc1. The average molecular weight is 300 g/mol. The van der Waals surface area contributed by atoms with Crippen molar-refractivity contribution < 1.29 is 14.2 Å². The third-order valence-corrected chi connectivity index (χ3v) is 3.31. The molecule has 0 saturated carbocycles. The molecule has 3 heteroatoms. The lowest BCUT2D eigenvalue weighted by Gasteiger charge is -2.24. The van der Waals surface area contributed by atoms with Crippen molar-refractivity contribution in [1.82, 2.24) is 0 Å². The summed E-state index contributed by atoms with van der Waals surface area (Å²) in [7, 11) is 0. The minimum Gasteiger partial charge on any atom is -0.493 e. The fourth-order valence-electron chi connectivity index (χ4n) is 2.11. The maximum atomic E-state index is 5.76. The minimum absolute atomic E-state index is 0.148. The first kappa shape index (κ1) is 16.4. The van der Waals surface area contributed by atoms with Gasteiger partial charge in [-0.15, -0.1) is 0 Å². The van der Waals surface area contributed by atoms with Crippen molar-refractivity contribution in [3.8, 4) is 17.2 Å². The van der Waals surface area contributed by atoms with Crippen LogP contribution in [0.1, 0.15) is 27.2 Å². The summed E-state index contributed by atoms with van der Waals surface area (Å²) in [6.45, 7) is 7.52. The normalized spacial score (nSPS) is 11.2. The lowest BCUT2D eigenvalue weighted by molar-refractivity contribution is -0.0238. The van der Waals surface area contributed by atoms with Gasteiger partial charge in [0.2, 0.25) is 0 Å². The fraction of sp³-hybridized carbons (Fsp3) is 0.368. The molecule has 22 heavy (non-hydrogen) atoms. The summed E-state index contributed by atoms with van der Waals surface area (Å²) in [5.74, 6) is 2.47. The van der Waals surface area contributed by atoms with E-state index in [1.807, 2.05) is 61.5 Å². The third kappa shape index (κ3) is 5.41. The molecule has 0 spiro atoms. The van der Waals surface area contributed by atoms with Crippen molar-refractivity contribution in [3.63, 3.8) is 0 Å². The van der Waals surface area contributed by atoms with Gasteiger partial charge in [0.25, 0.3) is 0 Å². The Morgan fingerprint density at radius 3 is 2.05 bits per heavy atom. The predicted molar refractivity (Wildman–Crippen MR) is 88.8 cm³/mol. The van der Waals surface area contributed by atoms with Crippen LogP contribution in [0, 0.1) is 0 Å². The van der Waals surface area contributed by atoms with E-state index in [-0.39, 0.29) is 5.60 Å². The Kier molecular flexibility index (Phi) is 5.84. The Morgan fingerprint density at radius 2 is 1.41 bits per heavy atom. The standard InChI is InChI=1S/C19H24O3/c1-4-21-19(2,3)14-15-20-16-10-12-18(13-11-16)22-17-8-6-5-7-9-17/h5-13H,4,14-15H2,1-3H3. The van der Waals surface area contributed by atoms with Crippen molar-refractivity contribution in [2.24, 2.45) is 0 Å². The molecule has 2 rings (SSSR count). The number of ether oxygens (including phenoxy) is 3. The van der Waals surface area contributed by atoms with Gasteiger partial charge in [-0.25, -0.2) is 0 Å². The highest BCUT2D eigenvalue weighted by atomic mass is 16.5. The second-order valence-corrected chi connectivity index (χ2v) is 5.68. The van der Waals surface area contributed by atoms with E-state index in [2.05, 4.69) is 13.8 Å². The maximum absolute atomic E-state index is 5.76. The minimum atomic E-state index is -0.148. The van der Waals surface area contributed by atoms with E-state index < -0.39 is 0 Å². The largest absolute Gasteiger partial charge is 0.493 e. The molecular formula is C19H24O3. The molecule has 0 atom stereocenters. The molecule has 2 aromatic carbocycles. The number of hydrogen-bond acceptors (Lipinski definition) is 3. The average Bonchev–Trinajstić information content (AvgIpc) is 2.50. The van der Waals surface area contributed by atoms with Crippen LogP contribution in [0.15, 0.2) is 54.6 Å². The van der Waals surface area contributed by atoms with Gasteiger partial charge in [0.05, 0.1) is 12.2 Å². The van der Waals surface area contributed by atoms with E-state index in [0.29, 0.717) is 6.61 Å². The summed E-state index contributed by atoms with van der Waals surface area (Å²) in [6, 6.07) is 17.4. The van der Waals surface area contributed by atoms with E-state index in [0.717, 1.165) is 30.3 Å². The van der Waals surface area contributed by atoms with Gasteiger partial charge in [-0.1, -0.05) is 18.2 Å². The quantitative estimate of drug-likeness (QED) is 0.681. The van der Waals surface area contributed by atoms with Crippen LogP contribution in [0.3, 0.4) is 0 Å². The number of para-hydroxylation sites is 1. The van der Waals surface area contributed by atoms with Gasteiger partial charge in [-0.3, -0.25) is 0 Å². The van der Waals surface area contributed by atoms with Gasteiger partial charge in [-0.2, -0.15) is 0 Å². The Hall–Kier alpha value is -2.00. The van der Waals surface area contributed by atoms with E-state index in [1.165, 1.54) is 0 Å². The maximum Gasteiger partial charge on any atom is 0.127 e. The van der Waals surface area contributed by atoms with Crippen molar-refractivity contribution in [2.45, 2.75) is 32.8 Å². The van der Waals surface area contributed by atoms with Crippen molar-refractivity contribution in [2.75, 3.05) is 13.2 Å². The van der Waals surface area contributed by atoms with E-state index in [4.69, 9.17) is 14.2 Å². The second kappa shape index (κ2) is 7.85. The Labute approximate surface area is 132 Å². The molecule has 3 nitrogen and oxygen atoms in total. The molecule has 0 aliphatic rings. The van der Waals surface area contributed by atoms with Gasteiger partial charge in [0.1, 0.15) is 17.2 Å². The van der Waals surface area contributed by atoms with Crippen molar-refractivity contribution >= 4 is 0 Å². The van der Waals surface area contributed by atoms with Crippen molar-refractivity contribution in [1.29, 1.82) is 0 Å². The molecule has 118 valence electrons. The van der Waals surface area contributed by atoms with E-state index >= 15 is 0 Å². The lowest BCUT2D eigenvalue weighted by Crippen LogP contribution is -2.26. The van der Waals surface area contributed by atoms with Crippen LogP contribution < -0.4 is 9.47 Å². The van der Waals surface area contributed by atoms with E-state index in [1.54, 1.807) is 0 Å². The third-order valence-electron chi connectivity index (χ3n) is 3.31. The number of benzene rings is 2. The zero-order valence-electron chi connectivity index (χ0n) is 13.5. The van der Waals surface area contributed by atoms with E-state index in [9.17, 15) is 0 Å². The van der Waals surface area contributed by atoms with Gasteiger partial charge >= 0.3 is 0 Å². The smallest absolute Gasteiger partial charge is 0.127 e. The molecule has 0 bridgehead atoms. The van der Waals surface area contributed by atoms with Crippen LogP contribution in [0.4, 0.5) is 0 Å². The molecule has 2 aromatic rings. The molecule has 0 amide bonds. The molecule has 0 fully saturated rings. The molecule has 0 aromatic heterocycles. The van der Waals surface area contributed by atoms with Crippen LogP contribution in [-0.4, -0.2) is 18.8 Å². The van der Waals surface area contributed by atoms with Gasteiger partial charge in [-0.05, 0) is 57.2 Å². The summed E-state index contributed by atoms with van der Waals surface area (Å²) in [4.78, 5) is 0. The van der Waals surface area contributed by atoms with Crippen LogP contribution in [0.25, 0.3) is 0 Å². The van der Waals surface area contributed by atoms with Crippen LogP contribution in [-0.2, 0) is 4.74 Å². The number of hydrogen-bond donors (Lipinski definition) is 0. The summed E-state index contributed by atoms with van der Waals surface area (Å²) in [6.07, 6.45) is 0.850. The molecule has 0 aliphatic carbocycles. The Bertz CT molecular complexity index is 547. The van der Waals surface area contributed by atoms with Gasteiger partial charge in [0.15, 0.2) is 0 Å².